The van der Waals surface area contributed by atoms with Gasteiger partial charge in [0.15, 0.2) is 0 Å². The highest BCUT2D eigenvalue weighted by Crippen LogP contribution is 2.24. The topological polar surface area (TPSA) is 12.0 Å². The Morgan fingerprint density at radius 3 is 2.14 bits per heavy atom. The predicted octanol–water partition coefficient (Wildman–Crippen LogP) is 4.39. The van der Waals surface area contributed by atoms with Crippen molar-refractivity contribution in [1.29, 1.82) is 0 Å². The molecule has 1 N–H and O–H groups in total. The van der Waals surface area contributed by atoms with E-state index in [4.69, 9.17) is 0 Å². The molecule has 0 heterocycles. The van der Waals surface area contributed by atoms with Crippen LogP contribution in [0.5, 0.6) is 0 Å². The number of benzene rings is 2. The summed E-state index contributed by atoms with van der Waals surface area (Å²) in [5.41, 5.74) is 0.864. The Morgan fingerprint density at radius 2 is 1.57 bits per heavy atom. The van der Waals surface area contributed by atoms with Crippen molar-refractivity contribution in [3.8, 4) is 0 Å². The molecule has 0 radical (unpaired) electrons. The maximum Gasteiger partial charge on any atom is 0.130 e. The Bertz CT molecular complexity index is 561. The first kappa shape index (κ1) is 15.6. The molecule has 2 aromatic rings. The molecule has 112 valence electrons. The Kier molecular flexibility index (Phi) is 5.39. The van der Waals surface area contributed by atoms with Gasteiger partial charge in [0.05, 0.1) is 0 Å². The van der Waals surface area contributed by atoms with E-state index in [1.54, 1.807) is 12.1 Å². The molecule has 0 amide bonds. The van der Waals surface area contributed by atoms with Gasteiger partial charge in [-0.15, -0.1) is 0 Å². The van der Waals surface area contributed by atoms with Crippen LogP contribution in [0, 0.1) is 17.5 Å². The summed E-state index contributed by atoms with van der Waals surface area (Å²) in [6, 6.07) is 9.35. The molecule has 0 aliphatic rings. The summed E-state index contributed by atoms with van der Waals surface area (Å²) in [5, 5.41) is 3.16. The van der Waals surface area contributed by atoms with Gasteiger partial charge in [-0.2, -0.15) is 0 Å². The lowest BCUT2D eigenvalue weighted by molar-refractivity contribution is 0.464. The fraction of sp³-hybridized carbons (Fsp3) is 0.294. The summed E-state index contributed by atoms with van der Waals surface area (Å²) in [4.78, 5) is 0. The van der Waals surface area contributed by atoms with Crippen molar-refractivity contribution < 1.29 is 13.2 Å². The molecule has 2 aromatic carbocycles. The zero-order valence-corrected chi connectivity index (χ0v) is 11.9. The number of nitrogens with one attached hydrogen (secondary N) is 1. The highest BCUT2D eigenvalue weighted by molar-refractivity contribution is 5.26. The minimum absolute atomic E-state index is 0.0373. The van der Waals surface area contributed by atoms with Gasteiger partial charge in [-0.05, 0) is 49.2 Å². The Hall–Kier alpha value is -1.81. The summed E-state index contributed by atoms with van der Waals surface area (Å²) in [5.74, 6) is -1.45. The SMILES string of the molecule is CCCNC(Cc1ccc(F)cc1)c1c(F)cccc1F. The van der Waals surface area contributed by atoms with E-state index < -0.39 is 17.7 Å². The summed E-state index contributed by atoms with van der Waals surface area (Å²) in [6.07, 6.45) is 1.26. The van der Waals surface area contributed by atoms with Crippen molar-refractivity contribution in [3.05, 3.63) is 71.0 Å². The van der Waals surface area contributed by atoms with Crippen LogP contribution in [0.2, 0.25) is 0 Å². The largest absolute Gasteiger partial charge is 0.309 e. The molecule has 4 heteroatoms. The van der Waals surface area contributed by atoms with Gasteiger partial charge in [-0.25, -0.2) is 13.2 Å². The van der Waals surface area contributed by atoms with Crippen LogP contribution in [0.25, 0.3) is 0 Å². The summed E-state index contributed by atoms with van der Waals surface area (Å²) in [6.45, 7) is 2.64. The molecule has 0 saturated carbocycles. The van der Waals surface area contributed by atoms with Crippen LogP contribution in [-0.4, -0.2) is 6.54 Å². The average Bonchev–Trinajstić information content (AvgIpc) is 2.46. The van der Waals surface area contributed by atoms with Crippen LogP contribution in [0.15, 0.2) is 42.5 Å². The first-order valence-corrected chi connectivity index (χ1v) is 7.03. The van der Waals surface area contributed by atoms with E-state index in [2.05, 4.69) is 5.32 Å². The molecule has 0 bridgehead atoms. The van der Waals surface area contributed by atoms with E-state index >= 15 is 0 Å². The van der Waals surface area contributed by atoms with E-state index in [0.717, 1.165) is 12.0 Å². The van der Waals surface area contributed by atoms with Crippen LogP contribution in [-0.2, 0) is 6.42 Å². The first-order chi connectivity index (χ1) is 10.1. The summed E-state index contributed by atoms with van der Waals surface area (Å²) < 4.78 is 40.9. The molecule has 1 atom stereocenters. The maximum atomic E-state index is 14.0. The molecule has 0 aliphatic heterocycles. The second-order valence-corrected chi connectivity index (χ2v) is 4.97. The Labute approximate surface area is 122 Å². The molecule has 0 aliphatic carbocycles. The molecule has 1 nitrogen and oxygen atoms in total. The van der Waals surface area contributed by atoms with Gasteiger partial charge in [-0.3, -0.25) is 0 Å². The van der Waals surface area contributed by atoms with E-state index in [1.165, 1.54) is 30.3 Å². The van der Waals surface area contributed by atoms with Crippen LogP contribution in [0.4, 0.5) is 13.2 Å². The molecule has 0 spiro atoms. The van der Waals surface area contributed by atoms with Crippen LogP contribution < -0.4 is 5.32 Å². The van der Waals surface area contributed by atoms with Gasteiger partial charge >= 0.3 is 0 Å². The minimum Gasteiger partial charge on any atom is -0.309 e. The fourth-order valence-electron chi connectivity index (χ4n) is 2.29. The summed E-state index contributed by atoms with van der Waals surface area (Å²) >= 11 is 0. The van der Waals surface area contributed by atoms with Crippen molar-refractivity contribution in [2.75, 3.05) is 6.54 Å². The third kappa shape index (κ3) is 4.08. The van der Waals surface area contributed by atoms with E-state index in [9.17, 15) is 13.2 Å². The van der Waals surface area contributed by atoms with Crippen LogP contribution in [0.3, 0.4) is 0 Å². The van der Waals surface area contributed by atoms with Gasteiger partial charge in [0.2, 0.25) is 0 Å². The standard InChI is InChI=1S/C17H18F3N/c1-2-10-21-16(11-12-6-8-13(18)9-7-12)17-14(19)4-3-5-15(17)20/h3-9,16,21H,2,10-11H2,1H3. The van der Waals surface area contributed by atoms with Crippen LogP contribution in [0.1, 0.15) is 30.5 Å². The number of hydrogen-bond donors (Lipinski definition) is 1. The van der Waals surface area contributed by atoms with Gasteiger partial charge in [0.1, 0.15) is 17.5 Å². The van der Waals surface area contributed by atoms with E-state index in [1.807, 2.05) is 6.92 Å². The maximum absolute atomic E-state index is 14.0. The van der Waals surface area contributed by atoms with Crippen molar-refractivity contribution in [1.82, 2.24) is 5.32 Å². The smallest absolute Gasteiger partial charge is 0.130 e. The van der Waals surface area contributed by atoms with E-state index in [-0.39, 0.29) is 11.4 Å². The van der Waals surface area contributed by atoms with Gasteiger partial charge in [-0.1, -0.05) is 25.1 Å². The van der Waals surface area contributed by atoms with Gasteiger partial charge < -0.3 is 5.32 Å². The number of hydrogen-bond acceptors (Lipinski definition) is 1. The predicted molar refractivity (Wildman–Crippen MR) is 77.5 cm³/mol. The Balaban J connectivity index is 2.27. The number of halogens is 3. The second kappa shape index (κ2) is 7.27. The zero-order chi connectivity index (χ0) is 15.2. The zero-order valence-electron chi connectivity index (χ0n) is 11.9. The molecular weight excluding hydrogens is 275 g/mol. The third-order valence-corrected chi connectivity index (χ3v) is 3.34. The monoisotopic (exact) mass is 293 g/mol. The average molecular weight is 293 g/mol. The quantitative estimate of drug-likeness (QED) is 0.833. The van der Waals surface area contributed by atoms with Crippen molar-refractivity contribution in [3.63, 3.8) is 0 Å². The lowest BCUT2D eigenvalue weighted by Crippen LogP contribution is -2.26. The van der Waals surface area contributed by atoms with Crippen LogP contribution >= 0.6 is 0 Å². The highest BCUT2D eigenvalue weighted by atomic mass is 19.1. The highest BCUT2D eigenvalue weighted by Gasteiger charge is 2.19. The molecular formula is C17H18F3N. The second-order valence-electron chi connectivity index (χ2n) is 4.97. The number of rotatable bonds is 6. The van der Waals surface area contributed by atoms with Crippen molar-refractivity contribution >= 4 is 0 Å². The Morgan fingerprint density at radius 1 is 0.952 bits per heavy atom. The van der Waals surface area contributed by atoms with Crippen molar-refractivity contribution in [2.45, 2.75) is 25.8 Å². The molecule has 0 aromatic heterocycles. The first-order valence-electron chi connectivity index (χ1n) is 7.03. The minimum atomic E-state index is -0.564. The lowest BCUT2D eigenvalue weighted by Gasteiger charge is -2.20. The van der Waals surface area contributed by atoms with Gasteiger partial charge in [0, 0.05) is 11.6 Å². The summed E-state index contributed by atoms with van der Waals surface area (Å²) in [7, 11) is 0. The molecule has 21 heavy (non-hydrogen) atoms. The molecule has 0 saturated heterocycles. The molecule has 1 unspecified atom stereocenters. The van der Waals surface area contributed by atoms with Crippen molar-refractivity contribution in [2.24, 2.45) is 0 Å². The lowest BCUT2D eigenvalue weighted by atomic mass is 9.97. The fourth-order valence-corrected chi connectivity index (χ4v) is 2.29. The van der Waals surface area contributed by atoms with E-state index in [0.29, 0.717) is 13.0 Å². The molecule has 0 fully saturated rings. The molecule has 2 rings (SSSR count). The third-order valence-electron chi connectivity index (χ3n) is 3.34. The normalized spacial score (nSPS) is 12.4. The van der Waals surface area contributed by atoms with Gasteiger partial charge in [0.25, 0.3) is 0 Å².